The zero-order chi connectivity index (χ0) is 13.1. The molecule has 0 saturated heterocycles. The van der Waals surface area contributed by atoms with Crippen LogP contribution in [0.15, 0.2) is 16.6 Å². The van der Waals surface area contributed by atoms with Crippen molar-refractivity contribution in [1.82, 2.24) is 0 Å². The number of ether oxygens (including phenoxy) is 1. The van der Waals surface area contributed by atoms with E-state index in [4.69, 9.17) is 4.74 Å². The van der Waals surface area contributed by atoms with Crippen molar-refractivity contribution in [2.75, 3.05) is 12.4 Å². The van der Waals surface area contributed by atoms with Crippen molar-refractivity contribution in [1.29, 1.82) is 0 Å². The fourth-order valence-corrected chi connectivity index (χ4v) is 3.52. The summed E-state index contributed by atoms with van der Waals surface area (Å²) in [6.45, 7) is 4.33. The number of halogens is 1. The lowest BCUT2D eigenvalue weighted by atomic mass is 9.92. The SMILES string of the molecule is COC1CCCC(Nc2c(C)cc(Br)cc2C)C1. The maximum absolute atomic E-state index is 5.49. The largest absolute Gasteiger partial charge is 0.382 e. The van der Waals surface area contributed by atoms with Crippen LogP contribution in [0.2, 0.25) is 0 Å². The second-order valence-corrected chi connectivity index (χ2v) is 6.20. The molecule has 0 aliphatic heterocycles. The molecule has 1 saturated carbocycles. The van der Waals surface area contributed by atoms with Crippen LogP contribution in [-0.4, -0.2) is 19.3 Å². The zero-order valence-corrected chi connectivity index (χ0v) is 13.0. The molecule has 2 unspecified atom stereocenters. The Hall–Kier alpha value is -0.540. The van der Waals surface area contributed by atoms with E-state index in [1.807, 2.05) is 7.11 Å². The topological polar surface area (TPSA) is 21.3 Å². The molecule has 0 bridgehead atoms. The lowest BCUT2D eigenvalue weighted by Gasteiger charge is -2.30. The second kappa shape index (κ2) is 6.07. The van der Waals surface area contributed by atoms with E-state index in [-0.39, 0.29) is 0 Å². The van der Waals surface area contributed by atoms with E-state index in [0.717, 1.165) is 10.9 Å². The molecule has 0 aromatic heterocycles. The molecule has 1 aromatic rings. The Morgan fingerprint density at radius 1 is 1.22 bits per heavy atom. The van der Waals surface area contributed by atoms with E-state index in [2.05, 4.69) is 47.2 Å². The fraction of sp³-hybridized carbons (Fsp3) is 0.600. The summed E-state index contributed by atoms with van der Waals surface area (Å²) in [6.07, 6.45) is 5.24. The van der Waals surface area contributed by atoms with Crippen LogP contribution in [0, 0.1) is 13.8 Å². The summed E-state index contributed by atoms with van der Waals surface area (Å²) in [5.41, 5.74) is 3.91. The van der Waals surface area contributed by atoms with Crippen LogP contribution in [-0.2, 0) is 4.74 Å². The third kappa shape index (κ3) is 3.27. The van der Waals surface area contributed by atoms with Crippen molar-refractivity contribution < 1.29 is 4.74 Å². The first kappa shape index (κ1) is 13.9. The highest BCUT2D eigenvalue weighted by molar-refractivity contribution is 9.10. The summed E-state index contributed by atoms with van der Waals surface area (Å²) < 4.78 is 6.65. The molecule has 1 N–H and O–H groups in total. The van der Waals surface area contributed by atoms with Gasteiger partial charge in [-0.05, 0) is 62.8 Å². The van der Waals surface area contributed by atoms with Gasteiger partial charge < -0.3 is 10.1 Å². The van der Waals surface area contributed by atoms with Crippen molar-refractivity contribution in [2.45, 2.75) is 51.7 Å². The van der Waals surface area contributed by atoms with Gasteiger partial charge in [0.1, 0.15) is 0 Å². The van der Waals surface area contributed by atoms with Gasteiger partial charge in [0.25, 0.3) is 0 Å². The van der Waals surface area contributed by atoms with Crippen LogP contribution < -0.4 is 5.32 Å². The highest BCUT2D eigenvalue weighted by atomic mass is 79.9. The third-order valence-corrected chi connectivity index (χ3v) is 4.26. The number of methoxy groups -OCH3 is 1. The van der Waals surface area contributed by atoms with Gasteiger partial charge >= 0.3 is 0 Å². The summed E-state index contributed by atoms with van der Waals surface area (Å²) in [6, 6.07) is 4.89. The molecular formula is C15H22BrNO. The molecule has 1 aliphatic carbocycles. The molecule has 0 radical (unpaired) electrons. The molecule has 3 heteroatoms. The number of anilines is 1. The molecular weight excluding hydrogens is 290 g/mol. The third-order valence-electron chi connectivity index (χ3n) is 3.81. The van der Waals surface area contributed by atoms with Gasteiger partial charge in [-0.15, -0.1) is 0 Å². The van der Waals surface area contributed by atoms with E-state index in [1.54, 1.807) is 0 Å². The quantitative estimate of drug-likeness (QED) is 0.891. The normalized spacial score (nSPS) is 24.0. The Balaban J connectivity index is 2.09. The molecule has 1 fully saturated rings. The van der Waals surface area contributed by atoms with Gasteiger partial charge in [-0.25, -0.2) is 0 Å². The summed E-state index contributed by atoms with van der Waals surface area (Å²) in [4.78, 5) is 0. The summed E-state index contributed by atoms with van der Waals surface area (Å²) >= 11 is 3.55. The van der Waals surface area contributed by atoms with Crippen LogP contribution in [0.1, 0.15) is 36.8 Å². The van der Waals surface area contributed by atoms with Crippen LogP contribution in [0.4, 0.5) is 5.69 Å². The average Bonchev–Trinajstić information content (AvgIpc) is 2.34. The molecule has 2 atom stereocenters. The monoisotopic (exact) mass is 311 g/mol. The van der Waals surface area contributed by atoms with Gasteiger partial charge in [0.2, 0.25) is 0 Å². The van der Waals surface area contributed by atoms with Gasteiger partial charge in [-0.3, -0.25) is 0 Å². The number of aryl methyl sites for hydroxylation is 2. The van der Waals surface area contributed by atoms with E-state index in [1.165, 1.54) is 36.1 Å². The Morgan fingerprint density at radius 2 is 1.89 bits per heavy atom. The fourth-order valence-electron chi connectivity index (χ4n) is 2.83. The predicted molar refractivity (Wildman–Crippen MR) is 80.3 cm³/mol. The summed E-state index contributed by atoms with van der Waals surface area (Å²) in [5, 5.41) is 3.71. The molecule has 1 aromatic carbocycles. The maximum Gasteiger partial charge on any atom is 0.0590 e. The number of nitrogens with one attached hydrogen (secondary N) is 1. The highest BCUT2D eigenvalue weighted by Crippen LogP contribution is 2.29. The van der Waals surface area contributed by atoms with Crippen molar-refractivity contribution in [3.05, 3.63) is 27.7 Å². The van der Waals surface area contributed by atoms with Crippen LogP contribution in [0.3, 0.4) is 0 Å². The summed E-state index contributed by atoms with van der Waals surface area (Å²) in [7, 11) is 1.82. The Kier molecular flexibility index (Phi) is 4.68. The molecule has 0 heterocycles. The predicted octanol–water partition coefficient (Wildman–Crippen LogP) is 4.44. The van der Waals surface area contributed by atoms with E-state index in [0.29, 0.717) is 12.1 Å². The van der Waals surface area contributed by atoms with Gasteiger partial charge in [0.05, 0.1) is 6.10 Å². The smallest absolute Gasteiger partial charge is 0.0590 e. The van der Waals surface area contributed by atoms with Gasteiger partial charge in [-0.2, -0.15) is 0 Å². The van der Waals surface area contributed by atoms with E-state index >= 15 is 0 Å². The van der Waals surface area contributed by atoms with Crippen molar-refractivity contribution in [3.63, 3.8) is 0 Å². The van der Waals surface area contributed by atoms with Crippen LogP contribution in [0.25, 0.3) is 0 Å². The molecule has 100 valence electrons. The summed E-state index contributed by atoms with van der Waals surface area (Å²) in [5.74, 6) is 0. The Morgan fingerprint density at radius 3 is 2.50 bits per heavy atom. The number of rotatable bonds is 3. The standard InChI is InChI=1S/C15H22BrNO/c1-10-7-12(16)8-11(2)15(10)17-13-5-4-6-14(9-13)18-3/h7-8,13-14,17H,4-6,9H2,1-3H3. The molecule has 2 rings (SSSR count). The van der Waals surface area contributed by atoms with Crippen LogP contribution >= 0.6 is 15.9 Å². The van der Waals surface area contributed by atoms with Gasteiger partial charge in [0.15, 0.2) is 0 Å². The number of benzene rings is 1. The van der Waals surface area contributed by atoms with E-state index in [9.17, 15) is 0 Å². The maximum atomic E-state index is 5.49. The average molecular weight is 312 g/mol. The van der Waals surface area contributed by atoms with Gasteiger partial charge in [0, 0.05) is 23.3 Å². The van der Waals surface area contributed by atoms with Crippen molar-refractivity contribution in [2.24, 2.45) is 0 Å². The first-order valence-electron chi connectivity index (χ1n) is 6.66. The van der Waals surface area contributed by atoms with Gasteiger partial charge in [-0.1, -0.05) is 15.9 Å². The van der Waals surface area contributed by atoms with Crippen LogP contribution in [0.5, 0.6) is 0 Å². The minimum atomic E-state index is 0.423. The van der Waals surface area contributed by atoms with Crippen molar-refractivity contribution in [3.8, 4) is 0 Å². The number of hydrogen-bond donors (Lipinski definition) is 1. The highest BCUT2D eigenvalue weighted by Gasteiger charge is 2.22. The first-order chi connectivity index (χ1) is 8.60. The second-order valence-electron chi connectivity index (χ2n) is 5.28. The minimum Gasteiger partial charge on any atom is -0.382 e. The molecule has 18 heavy (non-hydrogen) atoms. The molecule has 0 spiro atoms. The Bertz CT molecular complexity index is 396. The molecule has 1 aliphatic rings. The van der Waals surface area contributed by atoms with E-state index < -0.39 is 0 Å². The molecule has 0 amide bonds. The lowest BCUT2D eigenvalue weighted by molar-refractivity contribution is 0.0669. The number of hydrogen-bond acceptors (Lipinski definition) is 2. The first-order valence-corrected chi connectivity index (χ1v) is 7.45. The minimum absolute atomic E-state index is 0.423. The zero-order valence-electron chi connectivity index (χ0n) is 11.4. The molecule has 2 nitrogen and oxygen atoms in total. The van der Waals surface area contributed by atoms with Crippen molar-refractivity contribution >= 4 is 21.6 Å². The lowest BCUT2D eigenvalue weighted by Crippen LogP contribution is -2.31. The Labute approximate surface area is 118 Å².